The van der Waals surface area contributed by atoms with Crippen molar-refractivity contribution in [3.63, 3.8) is 0 Å². The molecule has 1 aliphatic rings. The van der Waals surface area contributed by atoms with Crippen LogP contribution in [0.3, 0.4) is 0 Å². The maximum atomic E-state index is 12.9. The lowest BCUT2D eigenvalue weighted by molar-refractivity contribution is -0.134. The van der Waals surface area contributed by atoms with Crippen LogP contribution in [0.4, 0.5) is 0 Å². The molecule has 0 bridgehead atoms. The van der Waals surface area contributed by atoms with E-state index in [-0.39, 0.29) is 23.8 Å². The number of ether oxygens (including phenoxy) is 1. The van der Waals surface area contributed by atoms with E-state index in [2.05, 4.69) is 4.98 Å². The number of nitrogens with one attached hydrogen (secondary N) is 1. The number of rotatable bonds is 4. The standard InChI is InChI=1S/C19H29N3O4/c1-11(2)26-19(25)15-12(3)16(20-13(15)4)18(24)22-9-7-14(8-10-22)17(23)21(5)6/h11,14,20H,7-10H2,1-6H3. The number of aryl methyl sites for hydroxylation is 1. The lowest BCUT2D eigenvalue weighted by Gasteiger charge is -2.32. The highest BCUT2D eigenvalue weighted by Gasteiger charge is 2.31. The summed E-state index contributed by atoms with van der Waals surface area (Å²) in [7, 11) is 3.51. The van der Waals surface area contributed by atoms with Crippen molar-refractivity contribution in [1.29, 1.82) is 0 Å². The van der Waals surface area contributed by atoms with Gasteiger partial charge in [-0.25, -0.2) is 4.79 Å². The van der Waals surface area contributed by atoms with Gasteiger partial charge in [0, 0.05) is 38.8 Å². The Morgan fingerprint density at radius 3 is 2.23 bits per heavy atom. The molecule has 1 aromatic rings. The molecular weight excluding hydrogens is 334 g/mol. The van der Waals surface area contributed by atoms with Crippen LogP contribution in [0, 0.1) is 19.8 Å². The monoisotopic (exact) mass is 363 g/mol. The van der Waals surface area contributed by atoms with Crippen LogP contribution in [-0.2, 0) is 9.53 Å². The molecule has 0 atom stereocenters. The quantitative estimate of drug-likeness (QED) is 0.831. The summed E-state index contributed by atoms with van der Waals surface area (Å²) >= 11 is 0. The fourth-order valence-corrected chi connectivity index (χ4v) is 3.40. The van der Waals surface area contributed by atoms with Gasteiger partial charge in [0.15, 0.2) is 0 Å². The van der Waals surface area contributed by atoms with Crippen LogP contribution < -0.4 is 0 Å². The van der Waals surface area contributed by atoms with Crippen molar-refractivity contribution in [2.75, 3.05) is 27.2 Å². The molecule has 1 aliphatic heterocycles. The Balaban J connectivity index is 2.12. The minimum Gasteiger partial charge on any atom is -0.459 e. The number of aromatic nitrogens is 1. The number of hydrogen-bond acceptors (Lipinski definition) is 4. The van der Waals surface area contributed by atoms with E-state index in [4.69, 9.17) is 4.74 Å². The molecular formula is C19H29N3O4. The van der Waals surface area contributed by atoms with Crippen LogP contribution in [0.1, 0.15) is 58.8 Å². The molecule has 1 fully saturated rings. The first-order valence-corrected chi connectivity index (χ1v) is 9.04. The van der Waals surface area contributed by atoms with Gasteiger partial charge in [-0.3, -0.25) is 9.59 Å². The average molecular weight is 363 g/mol. The van der Waals surface area contributed by atoms with Gasteiger partial charge in [0.2, 0.25) is 5.91 Å². The number of nitrogens with zero attached hydrogens (tertiary/aromatic N) is 2. The number of carbonyl (C=O) groups is 3. The van der Waals surface area contributed by atoms with Crippen LogP contribution >= 0.6 is 0 Å². The lowest BCUT2D eigenvalue weighted by atomic mass is 9.95. The Labute approximate surface area is 154 Å². The molecule has 0 spiro atoms. The Kier molecular flexibility index (Phi) is 6.10. The Morgan fingerprint density at radius 2 is 1.73 bits per heavy atom. The number of likely N-dealkylation sites (tertiary alicyclic amines) is 1. The van der Waals surface area contributed by atoms with Gasteiger partial charge in [-0.05, 0) is 46.1 Å². The van der Waals surface area contributed by atoms with Gasteiger partial charge >= 0.3 is 5.97 Å². The van der Waals surface area contributed by atoms with E-state index in [9.17, 15) is 14.4 Å². The summed E-state index contributed by atoms with van der Waals surface area (Å²) in [5.41, 5.74) is 2.11. The molecule has 2 heterocycles. The minimum absolute atomic E-state index is 0.0305. The van der Waals surface area contributed by atoms with Crippen molar-refractivity contribution in [1.82, 2.24) is 14.8 Å². The van der Waals surface area contributed by atoms with Crippen molar-refractivity contribution < 1.29 is 19.1 Å². The number of aromatic amines is 1. The summed E-state index contributed by atoms with van der Waals surface area (Å²) in [5.74, 6) is -0.467. The predicted molar refractivity (Wildman–Crippen MR) is 98.1 cm³/mol. The van der Waals surface area contributed by atoms with Gasteiger partial charge in [-0.2, -0.15) is 0 Å². The molecule has 0 aromatic carbocycles. The number of esters is 1. The summed E-state index contributed by atoms with van der Waals surface area (Å²) in [4.78, 5) is 43.6. The van der Waals surface area contributed by atoms with Gasteiger partial charge in [0.1, 0.15) is 5.69 Å². The van der Waals surface area contributed by atoms with E-state index in [0.29, 0.717) is 48.4 Å². The second kappa shape index (κ2) is 7.93. The maximum absolute atomic E-state index is 12.9. The van der Waals surface area contributed by atoms with Crippen molar-refractivity contribution >= 4 is 17.8 Å². The second-order valence-corrected chi connectivity index (χ2v) is 7.38. The summed E-state index contributed by atoms with van der Waals surface area (Å²) in [6.45, 7) is 8.18. The second-order valence-electron chi connectivity index (χ2n) is 7.38. The fraction of sp³-hybridized carbons (Fsp3) is 0.632. The van der Waals surface area contributed by atoms with Crippen LogP contribution in [0.25, 0.3) is 0 Å². The molecule has 0 radical (unpaired) electrons. The zero-order chi connectivity index (χ0) is 19.6. The Hall–Kier alpha value is -2.31. The summed E-state index contributed by atoms with van der Waals surface area (Å²) in [5, 5.41) is 0. The molecule has 2 amide bonds. The molecule has 144 valence electrons. The molecule has 1 aromatic heterocycles. The Bertz CT molecular complexity index is 698. The molecule has 1 N–H and O–H groups in total. The van der Waals surface area contributed by atoms with Gasteiger partial charge in [-0.1, -0.05) is 0 Å². The molecule has 1 saturated heterocycles. The van der Waals surface area contributed by atoms with Crippen molar-refractivity contribution in [2.45, 2.75) is 46.6 Å². The van der Waals surface area contributed by atoms with Gasteiger partial charge in [0.25, 0.3) is 5.91 Å². The van der Waals surface area contributed by atoms with Crippen LogP contribution in [0.15, 0.2) is 0 Å². The molecule has 2 rings (SSSR count). The van der Waals surface area contributed by atoms with Crippen molar-refractivity contribution in [3.05, 3.63) is 22.5 Å². The van der Waals surface area contributed by atoms with E-state index < -0.39 is 5.97 Å². The highest BCUT2D eigenvalue weighted by atomic mass is 16.5. The van der Waals surface area contributed by atoms with E-state index in [0.717, 1.165) is 0 Å². The van der Waals surface area contributed by atoms with Gasteiger partial charge < -0.3 is 19.5 Å². The number of carbonyl (C=O) groups excluding carboxylic acids is 3. The number of hydrogen-bond donors (Lipinski definition) is 1. The fourth-order valence-electron chi connectivity index (χ4n) is 3.40. The van der Waals surface area contributed by atoms with E-state index >= 15 is 0 Å². The molecule has 7 nitrogen and oxygen atoms in total. The average Bonchev–Trinajstić information content (AvgIpc) is 2.87. The molecule has 0 aliphatic carbocycles. The van der Waals surface area contributed by atoms with Crippen LogP contribution in [0.2, 0.25) is 0 Å². The molecule has 0 saturated carbocycles. The zero-order valence-corrected chi connectivity index (χ0v) is 16.5. The largest absolute Gasteiger partial charge is 0.459 e. The first kappa shape index (κ1) is 20.0. The minimum atomic E-state index is -0.416. The van der Waals surface area contributed by atoms with Gasteiger partial charge in [0.05, 0.1) is 11.7 Å². The summed E-state index contributed by atoms with van der Waals surface area (Å²) in [6.07, 6.45) is 1.09. The molecule has 26 heavy (non-hydrogen) atoms. The number of H-pyrrole nitrogens is 1. The van der Waals surface area contributed by atoms with Crippen LogP contribution in [-0.4, -0.2) is 65.9 Å². The third-order valence-corrected chi connectivity index (χ3v) is 4.77. The maximum Gasteiger partial charge on any atom is 0.340 e. The highest BCUT2D eigenvalue weighted by molar-refractivity contribution is 6.00. The van der Waals surface area contributed by atoms with Crippen LogP contribution in [0.5, 0.6) is 0 Å². The summed E-state index contributed by atoms with van der Waals surface area (Å²) < 4.78 is 5.27. The smallest absolute Gasteiger partial charge is 0.340 e. The van der Waals surface area contributed by atoms with E-state index in [1.807, 2.05) is 0 Å². The highest BCUT2D eigenvalue weighted by Crippen LogP contribution is 2.24. The SMILES string of the molecule is Cc1[nH]c(C(=O)N2CCC(C(=O)N(C)C)CC2)c(C)c1C(=O)OC(C)C. The number of amides is 2. The first-order chi connectivity index (χ1) is 12.1. The first-order valence-electron chi connectivity index (χ1n) is 9.04. The van der Waals surface area contributed by atoms with Gasteiger partial charge in [-0.15, -0.1) is 0 Å². The lowest BCUT2D eigenvalue weighted by Crippen LogP contribution is -2.43. The van der Waals surface area contributed by atoms with E-state index in [1.165, 1.54) is 0 Å². The topological polar surface area (TPSA) is 82.7 Å². The predicted octanol–water partition coefficient (Wildman–Crippen LogP) is 2.14. The number of piperidine rings is 1. The van der Waals surface area contributed by atoms with E-state index in [1.54, 1.807) is 51.6 Å². The van der Waals surface area contributed by atoms with Crippen molar-refractivity contribution in [2.24, 2.45) is 5.92 Å². The Morgan fingerprint density at radius 1 is 1.15 bits per heavy atom. The third-order valence-electron chi connectivity index (χ3n) is 4.77. The summed E-state index contributed by atoms with van der Waals surface area (Å²) in [6, 6.07) is 0. The molecule has 0 unspecified atom stereocenters. The third kappa shape index (κ3) is 4.08. The molecule has 7 heteroatoms. The zero-order valence-electron chi connectivity index (χ0n) is 16.5. The normalized spacial score (nSPS) is 15.3. The van der Waals surface area contributed by atoms with Crippen molar-refractivity contribution in [3.8, 4) is 0 Å².